The van der Waals surface area contributed by atoms with E-state index < -0.39 is 6.04 Å². The van der Waals surface area contributed by atoms with Crippen molar-refractivity contribution >= 4 is 17.7 Å². The Morgan fingerprint density at radius 1 is 0.844 bits per heavy atom. The highest BCUT2D eigenvalue weighted by molar-refractivity contribution is 5.87. The summed E-state index contributed by atoms with van der Waals surface area (Å²) >= 11 is 0. The van der Waals surface area contributed by atoms with Crippen LogP contribution in [0.2, 0.25) is 0 Å². The zero-order valence-electron chi connectivity index (χ0n) is 21.0. The lowest BCUT2D eigenvalue weighted by Gasteiger charge is -2.22. The van der Waals surface area contributed by atoms with Crippen LogP contribution in [0, 0.1) is 17.4 Å². The highest BCUT2D eigenvalue weighted by Crippen LogP contribution is 2.10. The van der Waals surface area contributed by atoms with Crippen molar-refractivity contribution in [3.8, 4) is 0 Å². The van der Waals surface area contributed by atoms with Gasteiger partial charge in [0.1, 0.15) is 6.04 Å². The van der Waals surface area contributed by atoms with Crippen LogP contribution in [0.3, 0.4) is 0 Å². The van der Waals surface area contributed by atoms with Crippen LogP contribution < -0.4 is 16.0 Å². The molecule has 0 bridgehead atoms. The fourth-order valence-corrected chi connectivity index (χ4v) is 3.22. The minimum atomic E-state index is -0.570. The van der Waals surface area contributed by atoms with E-state index in [1.807, 2.05) is 6.92 Å². The number of rotatable bonds is 19. The van der Waals surface area contributed by atoms with E-state index in [9.17, 15) is 14.4 Å². The fourth-order valence-electron chi connectivity index (χ4n) is 3.22. The third-order valence-corrected chi connectivity index (χ3v) is 5.70. The molecule has 8 heteroatoms. The van der Waals surface area contributed by atoms with Crippen molar-refractivity contribution in [3.63, 3.8) is 0 Å². The van der Waals surface area contributed by atoms with Crippen molar-refractivity contribution in [1.29, 1.82) is 5.53 Å². The molecular formula is C24H47N5O3. The Labute approximate surface area is 195 Å². The van der Waals surface area contributed by atoms with E-state index in [1.54, 1.807) is 0 Å². The van der Waals surface area contributed by atoms with Gasteiger partial charge >= 0.3 is 0 Å². The molecule has 32 heavy (non-hydrogen) atoms. The molecule has 0 aliphatic rings. The quantitative estimate of drug-likeness (QED) is 0.172. The predicted molar refractivity (Wildman–Crippen MR) is 128 cm³/mol. The van der Waals surface area contributed by atoms with Crippen LogP contribution in [0.25, 0.3) is 0 Å². The topological polar surface area (TPSA) is 124 Å². The van der Waals surface area contributed by atoms with Gasteiger partial charge in [-0.1, -0.05) is 34.1 Å². The second kappa shape index (κ2) is 18.6. The van der Waals surface area contributed by atoms with Crippen LogP contribution >= 0.6 is 0 Å². The predicted octanol–water partition coefficient (Wildman–Crippen LogP) is 4.34. The third kappa shape index (κ3) is 16.7. The van der Waals surface area contributed by atoms with E-state index in [-0.39, 0.29) is 23.8 Å². The first kappa shape index (κ1) is 30.0. The number of carbonyl (C=O) groups is 3. The maximum Gasteiger partial charge on any atom is 0.242 e. The molecule has 0 aromatic rings. The lowest BCUT2D eigenvalue weighted by Crippen LogP contribution is -2.49. The van der Waals surface area contributed by atoms with Gasteiger partial charge in [0.2, 0.25) is 17.7 Å². The molecule has 0 aliphatic carbocycles. The largest absolute Gasteiger partial charge is 0.356 e. The second-order valence-electron chi connectivity index (χ2n) is 9.38. The van der Waals surface area contributed by atoms with E-state index in [0.29, 0.717) is 44.2 Å². The highest BCUT2D eigenvalue weighted by Gasteiger charge is 2.22. The number of hydrogen-bond donors (Lipinski definition) is 4. The first-order chi connectivity index (χ1) is 15.2. The molecule has 0 rings (SSSR count). The lowest BCUT2D eigenvalue weighted by atomic mass is 10.0. The average molecular weight is 454 g/mol. The number of amides is 3. The van der Waals surface area contributed by atoms with E-state index >= 15 is 0 Å². The lowest BCUT2D eigenvalue weighted by molar-refractivity contribution is -0.129. The Morgan fingerprint density at radius 3 is 2.16 bits per heavy atom. The summed E-state index contributed by atoms with van der Waals surface area (Å²) < 4.78 is 0. The monoisotopic (exact) mass is 453 g/mol. The summed E-state index contributed by atoms with van der Waals surface area (Å²) in [5, 5.41) is 12.2. The normalized spacial score (nSPS) is 13.8. The van der Waals surface area contributed by atoms with Crippen molar-refractivity contribution < 1.29 is 14.4 Å². The summed E-state index contributed by atoms with van der Waals surface area (Å²) in [5.74, 6) is 0.799. The van der Waals surface area contributed by atoms with Crippen LogP contribution in [0.5, 0.6) is 0 Å². The van der Waals surface area contributed by atoms with Gasteiger partial charge < -0.3 is 16.0 Å². The molecule has 3 unspecified atom stereocenters. The summed E-state index contributed by atoms with van der Waals surface area (Å²) in [7, 11) is 0. The zero-order valence-corrected chi connectivity index (χ0v) is 21.0. The third-order valence-electron chi connectivity index (χ3n) is 5.70. The molecule has 3 atom stereocenters. The highest BCUT2D eigenvalue weighted by atomic mass is 16.2. The molecule has 0 heterocycles. The van der Waals surface area contributed by atoms with Crippen LogP contribution in [-0.4, -0.2) is 42.9 Å². The van der Waals surface area contributed by atoms with Crippen molar-refractivity contribution in [2.75, 3.05) is 13.1 Å². The van der Waals surface area contributed by atoms with Gasteiger partial charge in [-0.15, -0.1) is 0 Å². The Hall–Kier alpha value is -1.99. The summed E-state index contributed by atoms with van der Waals surface area (Å²) in [6.45, 7) is 11.4. The molecule has 4 N–H and O–H groups in total. The smallest absolute Gasteiger partial charge is 0.242 e. The number of hydrogen-bond acceptors (Lipinski definition) is 5. The Bertz CT molecular complexity index is 554. The van der Waals surface area contributed by atoms with Gasteiger partial charge in [0.25, 0.3) is 0 Å². The molecule has 0 aliphatic heterocycles. The minimum absolute atomic E-state index is 0.0380. The van der Waals surface area contributed by atoms with Gasteiger partial charge in [-0.2, -0.15) is 5.11 Å². The Kier molecular flexibility index (Phi) is 17.4. The maximum absolute atomic E-state index is 12.8. The van der Waals surface area contributed by atoms with E-state index in [0.717, 1.165) is 44.9 Å². The molecule has 8 nitrogen and oxygen atoms in total. The average Bonchev–Trinajstić information content (AvgIpc) is 2.74. The summed E-state index contributed by atoms with van der Waals surface area (Å²) in [6, 6.07) is -0.608. The fraction of sp³-hybridized carbons (Fsp3) is 0.875. The van der Waals surface area contributed by atoms with E-state index in [2.05, 4.69) is 48.8 Å². The van der Waals surface area contributed by atoms with Crippen LogP contribution in [0.4, 0.5) is 0 Å². The van der Waals surface area contributed by atoms with E-state index in [1.165, 1.54) is 0 Å². The van der Waals surface area contributed by atoms with Gasteiger partial charge in [-0.3, -0.25) is 14.4 Å². The Balaban J connectivity index is 4.57. The summed E-state index contributed by atoms with van der Waals surface area (Å²) in [5.41, 5.74) is 6.86. The molecule has 0 fully saturated rings. The minimum Gasteiger partial charge on any atom is -0.356 e. The number of nitrogens with one attached hydrogen (secondary N) is 4. The first-order valence-corrected chi connectivity index (χ1v) is 12.4. The van der Waals surface area contributed by atoms with Crippen LogP contribution in [-0.2, 0) is 14.4 Å². The van der Waals surface area contributed by atoms with Gasteiger partial charge in [-0.05, 0) is 63.7 Å². The molecule has 0 aromatic carbocycles. The molecule has 3 amide bonds. The standard InChI is InChI=1S/C24H47N5O3/c1-6-19(4)13-15-23(31)29-21(24(32)28-20(5)10-9-17-27-25)11-7-8-16-26-22(30)14-12-18(2)3/h18-21,25H,6-17H2,1-5H3,(H,26,30)(H,28,32)(H,29,31). The van der Waals surface area contributed by atoms with Crippen LogP contribution in [0.15, 0.2) is 5.11 Å². The van der Waals surface area contributed by atoms with Crippen molar-refractivity contribution in [2.45, 2.75) is 111 Å². The Morgan fingerprint density at radius 2 is 1.53 bits per heavy atom. The molecule has 0 saturated carbocycles. The number of unbranched alkanes of at least 4 members (excludes halogenated alkanes) is 1. The van der Waals surface area contributed by atoms with Crippen molar-refractivity contribution in [3.05, 3.63) is 0 Å². The molecular weight excluding hydrogens is 406 g/mol. The van der Waals surface area contributed by atoms with Crippen molar-refractivity contribution in [1.82, 2.24) is 16.0 Å². The van der Waals surface area contributed by atoms with Gasteiger partial charge in [0.15, 0.2) is 0 Å². The van der Waals surface area contributed by atoms with E-state index in [4.69, 9.17) is 5.53 Å². The molecule has 0 aromatic heterocycles. The van der Waals surface area contributed by atoms with Gasteiger partial charge in [-0.25, -0.2) is 5.53 Å². The summed E-state index contributed by atoms with van der Waals surface area (Å²) in [4.78, 5) is 37.0. The molecule has 0 saturated heterocycles. The zero-order chi connectivity index (χ0) is 24.4. The van der Waals surface area contributed by atoms with Crippen LogP contribution in [0.1, 0.15) is 98.8 Å². The van der Waals surface area contributed by atoms with Gasteiger partial charge in [0, 0.05) is 25.4 Å². The number of nitrogens with zero attached hydrogens (tertiary/aromatic N) is 1. The molecule has 0 spiro atoms. The van der Waals surface area contributed by atoms with Gasteiger partial charge in [0.05, 0.1) is 6.54 Å². The SMILES string of the molecule is CCC(C)CCC(=O)NC(CCCCNC(=O)CCC(C)C)C(=O)NC(C)CCCN=N. The van der Waals surface area contributed by atoms with Crippen molar-refractivity contribution in [2.24, 2.45) is 17.0 Å². The molecule has 0 radical (unpaired) electrons. The number of carbonyl (C=O) groups excluding carboxylic acids is 3. The summed E-state index contributed by atoms with van der Waals surface area (Å²) in [6.07, 6.45) is 7.21. The first-order valence-electron chi connectivity index (χ1n) is 12.4. The second-order valence-corrected chi connectivity index (χ2v) is 9.38. The maximum atomic E-state index is 12.8. The molecule has 186 valence electrons.